The van der Waals surface area contributed by atoms with Crippen LogP contribution < -0.4 is 0 Å². The van der Waals surface area contributed by atoms with Gasteiger partial charge in [0.15, 0.2) is 0 Å². The van der Waals surface area contributed by atoms with Crippen LogP contribution in [0.4, 0.5) is 0 Å². The van der Waals surface area contributed by atoms with E-state index in [1.165, 1.54) is 0 Å². The third-order valence-corrected chi connectivity index (χ3v) is 2.36. The molecule has 1 rings (SSSR count). The van der Waals surface area contributed by atoms with E-state index in [1.807, 2.05) is 77.5 Å². The van der Waals surface area contributed by atoms with Crippen LogP contribution in [0.1, 0.15) is 64.1 Å². The lowest BCUT2D eigenvalue weighted by atomic mass is 10.1. The van der Waals surface area contributed by atoms with Gasteiger partial charge in [-0.25, -0.2) is 0 Å². The highest BCUT2D eigenvalue weighted by Crippen LogP contribution is 2.26. The molecule has 0 unspecified atom stereocenters. The van der Waals surface area contributed by atoms with Crippen molar-refractivity contribution >= 4 is 24.3 Å². The van der Waals surface area contributed by atoms with E-state index in [0.717, 1.165) is 22.5 Å². The number of nitrogens with zero attached hydrogens (tertiary/aromatic N) is 1. The first-order valence-electron chi connectivity index (χ1n) is 7.43. The lowest BCUT2D eigenvalue weighted by molar-refractivity contribution is 0.901. The second-order valence-electron chi connectivity index (χ2n) is 2.97. The van der Waals surface area contributed by atoms with Crippen molar-refractivity contribution in [2.24, 2.45) is 7.05 Å². The second-order valence-corrected chi connectivity index (χ2v) is 2.97. The third kappa shape index (κ3) is 5.48. The second kappa shape index (κ2) is 15.3. The summed E-state index contributed by atoms with van der Waals surface area (Å²) in [5.74, 6) is 0. The van der Waals surface area contributed by atoms with Crippen LogP contribution in [0.3, 0.4) is 0 Å². The van der Waals surface area contributed by atoms with E-state index in [9.17, 15) is 0 Å². The minimum atomic E-state index is 1.05. The lowest BCUT2D eigenvalue weighted by Gasteiger charge is -2.00. The maximum atomic E-state index is 3.79. The number of hydrogen-bond donors (Lipinski definition) is 0. The van der Waals surface area contributed by atoms with E-state index in [2.05, 4.69) is 26.3 Å². The van der Waals surface area contributed by atoms with Gasteiger partial charge in [0, 0.05) is 29.6 Å². The van der Waals surface area contributed by atoms with Gasteiger partial charge in [0.25, 0.3) is 0 Å². The first-order valence-corrected chi connectivity index (χ1v) is 7.43. The van der Waals surface area contributed by atoms with E-state index in [-0.39, 0.29) is 0 Å². The zero-order valence-corrected chi connectivity index (χ0v) is 14.6. The average molecular weight is 275 g/mol. The van der Waals surface area contributed by atoms with Crippen molar-refractivity contribution in [1.29, 1.82) is 0 Å². The molecular formula is C19H33N. The average Bonchev–Trinajstić information content (AvgIpc) is 2.83. The normalized spacial score (nSPS) is 7.55. The van der Waals surface area contributed by atoms with Crippen LogP contribution in [0, 0.1) is 0 Å². The van der Waals surface area contributed by atoms with Crippen LogP contribution in [0.15, 0.2) is 26.3 Å². The molecule has 0 aliphatic carbocycles. The maximum Gasteiger partial charge on any atom is 0.0482 e. The fourth-order valence-electron chi connectivity index (χ4n) is 1.69. The molecule has 0 radical (unpaired) electrons. The molecule has 1 heteroatoms. The predicted molar refractivity (Wildman–Crippen MR) is 99.8 cm³/mol. The summed E-state index contributed by atoms with van der Waals surface area (Å²) in [5, 5.41) is 0. The Morgan fingerprint density at radius 3 is 1.00 bits per heavy atom. The molecule has 0 spiro atoms. The van der Waals surface area contributed by atoms with Crippen molar-refractivity contribution in [2.75, 3.05) is 0 Å². The van der Waals surface area contributed by atoms with Crippen molar-refractivity contribution in [3.63, 3.8) is 0 Å². The summed E-state index contributed by atoms with van der Waals surface area (Å²) < 4.78 is 2.04. The highest BCUT2D eigenvalue weighted by molar-refractivity contribution is 5.78. The summed E-state index contributed by atoms with van der Waals surface area (Å²) in [6, 6.07) is 0. The Hall–Kier alpha value is -1.76. The van der Waals surface area contributed by atoms with Gasteiger partial charge in [-0.05, 0) is 12.2 Å². The molecule has 0 aliphatic rings. The molecule has 1 aromatic rings. The van der Waals surface area contributed by atoms with Gasteiger partial charge in [0.05, 0.1) is 0 Å². The highest BCUT2D eigenvalue weighted by Gasteiger charge is 2.12. The SMILES string of the molecule is C=Cc1c(C=C)c(C=C)n(C)c1C=C.CC.CC.CC. The van der Waals surface area contributed by atoms with Gasteiger partial charge in [0.1, 0.15) is 0 Å². The maximum absolute atomic E-state index is 3.79. The van der Waals surface area contributed by atoms with Crippen LogP contribution in [0.25, 0.3) is 24.3 Å². The molecular weight excluding hydrogens is 242 g/mol. The zero-order chi connectivity index (χ0) is 16.7. The number of hydrogen-bond acceptors (Lipinski definition) is 0. The van der Waals surface area contributed by atoms with Crippen LogP contribution in [-0.2, 0) is 7.05 Å². The van der Waals surface area contributed by atoms with Crippen LogP contribution >= 0.6 is 0 Å². The lowest BCUT2D eigenvalue weighted by Crippen LogP contribution is -1.93. The van der Waals surface area contributed by atoms with Crippen molar-refractivity contribution in [3.8, 4) is 0 Å². The molecule has 0 saturated heterocycles. The molecule has 0 saturated carbocycles. The van der Waals surface area contributed by atoms with Gasteiger partial charge in [-0.1, -0.05) is 80.0 Å². The molecule has 1 aromatic heterocycles. The standard InChI is InChI=1S/C13H15N.3C2H6/c1-6-10-11(7-2)13(9-4)14(5)12(10)8-3;3*1-2/h6-9H,1-4H2,5H3;3*1-2H3. The minimum absolute atomic E-state index is 1.05. The zero-order valence-electron chi connectivity index (χ0n) is 14.6. The molecule has 114 valence electrons. The monoisotopic (exact) mass is 275 g/mol. The van der Waals surface area contributed by atoms with E-state index >= 15 is 0 Å². The molecule has 1 nitrogen and oxygen atoms in total. The fourth-order valence-corrected chi connectivity index (χ4v) is 1.69. The van der Waals surface area contributed by atoms with Crippen molar-refractivity contribution in [2.45, 2.75) is 41.5 Å². The molecule has 0 aromatic carbocycles. The Morgan fingerprint density at radius 2 is 0.850 bits per heavy atom. The largest absolute Gasteiger partial charge is 0.344 e. The summed E-state index contributed by atoms with van der Waals surface area (Å²) in [6.45, 7) is 27.2. The van der Waals surface area contributed by atoms with Crippen LogP contribution in [0.2, 0.25) is 0 Å². The Morgan fingerprint density at radius 1 is 0.600 bits per heavy atom. The Balaban J connectivity index is -0.000000425. The van der Waals surface area contributed by atoms with Gasteiger partial charge in [0.2, 0.25) is 0 Å². The molecule has 0 aliphatic heterocycles. The quantitative estimate of drug-likeness (QED) is 0.578. The topological polar surface area (TPSA) is 4.93 Å². The summed E-state index contributed by atoms with van der Waals surface area (Å²) >= 11 is 0. The molecule has 20 heavy (non-hydrogen) atoms. The van der Waals surface area contributed by atoms with E-state index in [4.69, 9.17) is 0 Å². The Labute approximate surface area is 127 Å². The van der Waals surface area contributed by atoms with Crippen LogP contribution in [-0.4, -0.2) is 4.57 Å². The molecule has 0 bridgehead atoms. The first-order chi connectivity index (χ1) is 9.71. The van der Waals surface area contributed by atoms with E-state index < -0.39 is 0 Å². The molecule has 0 fully saturated rings. The molecule has 0 atom stereocenters. The molecule has 1 heterocycles. The number of aromatic nitrogens is 1. The highest BCUT2D eigenvalue weighted by atomic mass is 15.0. The summed E-state index contributed by atoms with van der Waals surface area (Å²) in [6.07, 6.45) is 7.27. The van der Waals surface area contributed by atoms with E-state index in [1.54, 1.807) is 0 Å². The smallest absolute Gasteiger partial charge is 0.0482 e. The minimum Gasteiger partial charge on any atom is -0.344 e. The van der Waals surface area contributed by atoms with Crippen LogP contribution in [0.5, 0.6) is 0 Å². The predicted octanol–water partition coefficient (Wildman–Crippen LogP) is 6.68. The molecule has 0 amide bonds. The summed E-state index contributed by atoms with van der Waals surface area (Å²) in [5.41, 5.74) is 4.22. The third-order valence-electron chi connectivity index (χ3n) is 2.36. The number of rotatable bonds is 4. The van der Waals surface area contributed by atoms with Crippen molar-refractivity contribution < 1.29 is 0 Å². The van der Waals surface area contributed by atoms with Crippen molar-refractivity contribution in [3.05, 3.63) is 48.8 Å². The van der Waals surface area contributed by atoms with Gasteiger partial charge >= 0.3 is 0 Å². The summed E-state index contributed by atoms with van der Waals surface area (Å²) in [7, 11) is 1.98. The Kier molecular flexibility index (Phi) is 17.9. The summed E-state index contributed by atoms with van der Waals surface area (Å²) in [4.78, 5) is 0. The molecule has 0 N–H and O–H groups in total. The van der Waals surface area contributed by atoms with Gasteiger partial charge in [-0.2, -0.15) is 0 Å². The Bertz CT molecular complexity index is 368. The fraction of sp³-hybridized carbons (Fsp3) is 0.368. The first kappa shape index (κ1) is 23.3. The van der Waals surface area contributed by atoms with Crippen molar-refractivity contribution in [1.82, 2.24) is 4.57 Å². The van der Waals surface area contributed by atoms with Gasteiger partial charge in [-0.15, -0.1) is 0 Å². The van der Waals surface area contributed by atoms with E-state index in [0.29, 0.717) is 0 Å². The van der Waals surface area contributed by atoms with Gasteiger partial charge in [-0.3, -0.25) is 0 Å². The van der Waals surface area contributed by atoms with Gasteiger partial charge < -0.3 is 4.57 Å².